The highest BCUT2D eigenvalue weighted by atomic mass is 32.2. The first-order valence-corrected chi connectivity index (χ1v) is 8.12. The van der Waals surface area contributed by atoms with Gasteiger partial charge < -0.3 is 5.32 Å². The molecule has 1 atom stereocenters. The van der Waals surface area contributed by atoms with Crippen LogP contribution in [-0.2, 0) is 0 Å². The Morgan fingerprint density at radius 2 is 2.11 bits per heavy atom. The lowest BCUT2D eigenvalue weighted by molar-refractivity contribution is 0.503. The molecule has 18 heavy (non-hydrogen) atoms. The van der Waals surface area contributed by atoms with Gasteiger partial charge in [0.05, 0.1) is 0 Å². The molecule has 1 aliphatic rings. The fraction of sp³-hybridized carbons (Fsp3) is 0.625. The van der Waals surface area contributed by atoms with Crippen LogP contribution in [0.5, 0.6) is 0 Å². The summed E-state index contributed by atoms with van der Waals surface area (Å²) in [6, 6.07) is 7.50. The summed E-state index contributed by atoms with van der Waals surface area (Å²) in [6.07, 6.45) is 4.08. The molecular formula is C16H25NS. The van der Waals surface area contributed by atoms with Crippen molar-refractivity contribution in [2.24, 2.45) is 5.92 Å². The number of rotatable bonds is 7. The van der Waals surface area contributed by atoms with Crippen molar-refractivity contribution in [3.8, 4) is 0 Å². The summed E-state index contributed by atoms with van der Waals surface area (Å²) in [6.45, 7) is 7.79. The van der Waals surface area contributed by atoms with Crippen molar-refractivity contribution in [1.29, 1.82) is 0 Å². The minimum Gasteiger partial charge on any atom is -0.313 e. The number of aryl methyl sites for hydroxylation is 2. The van der Waals surface area contributed by atoms with Crippen molar-refractivity contribution >= 4 is 11.8 Å². The zero-order valence-electron chi connectivity index (χ0n) is 11.8. The molecule has 0 saturated heterocycles. The van der Waals surface area contributed by atoms with E-state index in [0.29, 0.717) is 0 Å². The molecule has 2 rings (SSSR count). The Morgan fingerprint density at radius 3 is 2.72 bits per heavy atom. The Balaban J connectivity index is 1.88. The van der Waals surface area contributed by atoms with Gasteiger partial charge in [-0.25, -0.2) is 0 Å². The van der Waals surface area contributed by atoms with Crippen LogP contribution in [-0.4, -0.2) is 18.3 Å². The Morgan fingerprint density at radius 1 is 1.33 bits per heavy atom. The maximum Gasteiger partial charge on any atom is 0.0189 e. The highest BCUT2D eigenvalue weighted by Crippen LogP contribution is 2.35. The second kappa shape index (κ2) is 6.63. The minimum absolute atomic E-state index is 0.718. The van der Waals surface area contributed by atoms with E-state index in [2.05, 4.69) is 44.3 Å². The molecular weight excluding hydrogens is 238 g/mol. The molecule has 100 valence electrons. The molecule has 2 heteroatoms. The largest absolute Gasteiger partial charge is 0.313 e. The molecule has 1 N–H and O–H groups in total. The normalized spacial score (nSPS) is 16.8. The Labute approximate surface area is 116 Å². The third kappa shape index (κ3) is 4.03. The van der Waals surface area contributed by atoms with Crippen molar-refractivity contribution < 1.29 is 0 Å². The zero-order valence-corrected chi connectivity index (χ0v) is 12.6. The van der Waals surface area contributed by atoms with Gasteiger partial charge in [-0.3, -0.25) is 0 Å². The lowest BCUT2D eigenvalue weighted by Crippen LogP contribution is -2.33. The predicted octanol–water partition coefficient (Wildman–Crippen LogP) is 4.17. The van der Waals surface area contributed by atoms with Gasteiger partial charge in [0.2, 0.25) is 0 Å². The second-order valence-corrected chi connectivity index (χ2v) is 6.54. The van der Waals surface area contributed by atoms with E-state index in [-0.39, 0.29) is 0 Å². The molecule has 0 heterocycles. The molecule has 0 radical (unpaired) electrons. The average Bonchev–Trinajstić information content (AvgIpc) is 3.15. The predicted molar refractivity (Wildman–Crippen MR) is 81.4 cm³/mol. The Bertz CT molecular complexity index is 385. The van der Waals surface area contributed by atoms with Crippen LogP contribution in [0.3, 0.4) is 0 Å². The van der Waals surface area contributed by atoms with Gasteiger partial charge in [0, 0.05) is 16.7 Å². The van der Waals surface area contributed by atoms with Gasteiger partial charge in [-0.15, -0.1) is 11.8 Å². The van der Waals surface area contributed by atoms with Crippen molar-refractivity contribution in [3.63, 3.8) is 0 Å². The summed E-state index contributed by atoms with van der Waals surface area (Å²) in [5.41, 5.74) is 2.78. The van der Waals surface area contributed by atoms with E-state index in [4.69, 9.17) is 0 Å². The standard InChI is InChI=1S/C16H25NS/c1-4-9-17-15(14-6-7-14)11-18-16-8-5-12(2)10-13(16)3/h5,8,10,14-15,17H,4,6-7,9,11H2,1-3H3. The first-order valence-electron chi connectivity index (χ1n) is 7.14. The number of hydrogen-bond acceptors (Lipinski definition) is 2. The third-order valence-electron chi connectivity index (χ3n) is 3.60. The summed E-state index contributed by atoms with van der Waals surface area (Å²) in [5.74, 6) is 2.16. The van der Waals surface area contributed by atoms with Gasteiger partial charge in [0.25, 0.3) is 0 Å². The first kappa shape index (κ1) is 14.0. The molecule has 1 aromatic rings. The smallest absolute Gasteiger partial charge is 0.0189 e. The van der Waals surface area contributed by atoms with Crippen LogP contribution < -0.4 is 5.32 Å². The maximum atomic E-state index is 3.71. The molecule has 0 aromatic heterocycles. The summed E-state index contributed by atoms with van der Waals surface area (Å²) < 4.78 is 0. The highest BCUT2D eigenvalue weighted by Gasteiger charge is 2.30. The van der Waals surface area contributed by atoms with Crippen LogP contribution in [0.15, 0.2) is 23.1 Å². The van der Waals surface area contributed by atoms with E-state index < -0.39 is 0 Å². The van der Waals surface area contributed by atoms with Gasteiger partial charge in [-0.1, -0.05) is 24.6 Å². The van der Waals surface area contributed by atoms with Crippen molar-refractivity contribution in [1.82, 2.24) is 5.32 Å². The van der Waals surface area contributed by atoms with Gasteiger partial charge in [-0.2, -0.15) is 0 Å². The molecule has 0 amide bonds. The van der Waals surface area contributed by atoms with Gasteiger partial charge in [0.1, 0.15) is 0 Å². The second-order valence-electron chi connectivity index (χ2n) is 5.48. The molecule has 1 fully saturated rings. The van der Waals surface area contributed by atoms with E-state index >= 15 is 0 Å². The lowest BCUT2D eigenvalue weighted by atomic mass is 10.2. The minimum atomic E-state index is 0.718. The van der Waals surface area contributed by atoms with E-state index in [1.54, 1.807) is 0 Å². The molecule has 0 spiro atoms. The fourth-order valence-electron chi connectivity index (χ4n) is 2.33. The molecule has 1 aromatic carbocycles. The molecule has 1 unspecified atom stereocenters. The van der Waals surface area contributed by atoms with Crippen molar-refractivity contribution in [2.45, 2.75) is 51.0 Å². The van der Waals surface area contributed by atoms with Crippen LogP contribution in [0.2, 0.25) is 0 Å². The number of thioether (sulfide) groups is 1. The molecule has 1 nitrogen and oxygen atoms in total. The van der Waals surface area contributed by atoms with E-state index in [0.717, 1.165) is 18.5 Å². The number of hydrogen-bond donors (Lipinski definition) is 1. The van der Waals surface area contributed by atoms with Crippen LogP contribution in [0.25, 0.3) is 0 Å². The van der Waals surface area contributed by atoms with E-state index in [1.807, 2.05) is 11.8 Å². The van der Waals surface area contributed by atoms with Gasteiger partial charge >= 0.3 is 0 Å². The average molecular weight is 263 g/mol. The lowest BCUT2D eigenvalue weighted by Gasteiger charge is -2.18. The topological polar surface area (TPSA) is 12.0 Å². The van der Waals surface area contributed by atoms with E-state index in [1.165, 1.54) is 41.0 Å². The zero-order chi connectivity index (χ0) is 13.0. The number of benzene rings is 1. The molecule has 0 bridgehead atoms. The van der Waals surface area contributed by atoms with Gasteiger partial charge in [0.15, 0.2) is 0 Å². The van der Waals surface area contributed by atoms with Crippen molar-refractivity contribution in [3.05, 3.63) is 29.3 Å². The highest BCUT2D eigenvalue weighted by molar-refractivity contribution is 7.99. The van der Waals surface area contributed by atoms with E-state index in [9.17, 15) is 0 Å². The Kier molecular flexibility index (Phi) is 5.13. The first-order chi connectivity index (χ1) is 8.70. The molecule has 0 aliphatic heterocycles. The quantitative estimate of drug-likeness (QED) is 0.741. The van der Waals surface area contributed by atoms with Crippen LogP contribution in [0.1, 0.15) is 37.3 Å². The number of nitrogens with one attached hydrogen (secondary N) is 1. The van der Waals surface area contributed by atoms with Crippen LogP contribution >= 0.6 is 11.8 Å². The molecule has 1 saturated carbocycles. The summed E-state index contributed by atoms with van der Waals surface area (Å²) in [4.78, 5) is 1.45. The summed E-state index contributed by atoms with van der Waals surface area (Å²) in [7, 11) is 0. The van der Waals surface area contributed by atoms with Crippen LogP contribution in [0.4, 0.5) is 0 Å². The van der Waals surface area contributed by atoms with Crippen LogP contribution in [0, 0.1) is 19.8 Å². The monoisotopic (exact) mass is 263 g/mol. The van der Waals surface area contributed by atoms with Gasteiger partial charge in [-0.05, 0) is 57.2 Å². The van der Waals surface area contributed by atoms with Crippen molar-refractivity contribution in [2.75, 3.05) is 12.3 Å². The third-order valence-corrected chi connectivity index (χ3v) is 4.89. The Hall–Kier alpha value is -0.470. The summed E-state index contributed by atoms with van der Waals surface area (Å²) >= 11 is 2.02. The summed E-state index contributed by atoms with van der Waals surface area (Å²) in [5, 5.41) is 3.71. The fourth-order valence-corrected chi connectivity index (χ4v) is 3.53. The maximum absolute atomic E-state index is 3.71. The molecule has 1 aliphatic carbocycles. The SMILES string of the molecule is CCCNC(CSc1ccc(C)cc1C)C1CC1.